The molecule has 1 aromatic heterocycles. The first kappa shape index (κ1) is 16.7. The normalized spacial score (nSPS) is 12.7. The quantitative estimate of drug-likeness (QED) is 0.653. The summed E-state index contributed by atoms with van der Waals surface area (Å²) in [6, 6.07) is 0.0506. The summed E-state index contributed by atoms with van der Waals surface area (Å²) in [6.07, 6.45) is 5.35. The maximum atomic E-state index is 11.8. The molecule has 1 heterocycles. The minimum Gasteiger partial charge on any atom is -0.466 e. The smallest absolute Gasteiger partial charge is 0.307 e. The Labute approximate surface area is 121 Å². The fraction of sp³-hybridized carbons (Fsp3) is 0.733. The van der Waals surface area contributed by atoms with Gasteiger partial charge in [0.25, 0.3) is 0 Å². The zero-order valence-corrected chi connectivity index (χ0v) is 13.1. The third-order valence-electron chi connectivity index (χ3n) is 3.41. The molecule has 1 atom stereocenters. The van der Waals surface area contributed by atoms with Crippen LogP contribution in [0.25, 0.3) is 0 Å². The molecular weight excluding hydrogens is 254 g/mol. The molecule has 0 spiro atoms. The highest BCUT2D eigenvalue weighted by atomic mass is 16.5. The second kappa shape index (κ2) is 8.74. The van der Waals surface area contributed by atoms with E-state index in [2.05, 4.69) is 30.8 Å². The van der Waals surface area contributed by atoms with Crippen LogP contribution in [0.15, 0.2) is 12.4 Å². The Kier molecular flexibility index (Phi) is 7.30. The van der Waals surface area contributed by atoms with Crippen molar-refractivity contribution < 1.29 is 9.53 Å². The zero-order chi connectivity index (χ0) is 15.0. The molecule has 0 saturated carbocycles. The van der Waals surface area contributed by atoms with Gasteiger partial charge < -0.3 is 4.74 Å². The van der Waals surface area contributed by atoms with Gasteiger partial charge in [-0.25, -0.2) is 0 Å². The number of hydrogen-bond acceptors (Lipinski definition) is 4. The van der Waals surface area contributed by atoms with Crippen LogP contribution in [0, 0.1) is 0 Å². The molecule has 1 unspecified atom stereocenters. The summed E-state index contributed by atoms with van der Waals surface area (Å²) in [7, 11) is 0. The van der Waals surface area contributed by atoms with Crippen LogP contribution in [0.4, 0.5) is 0 Å². The predicted octanol–water partition coefficient (Wildman–Crippen LogP) is 2.63. The van der Waals surface area contributed by atoms with Gasteiger partial charge in [-0.2, -0.15) is 5.10 Å². The molecule has 5 heteroatoms. The Bertz CT molecular complexity index is 400. The molecule has 0 fully saturated rings. The fourth-order valence-corrected chi connectivity index (χ4v) is 2.40. The molecule has 5 nitrogen and oxygen atoms in total. The van der Waals surface area contributed by atoms with Gasteiger partial charge in [-0.15, -0.1) is 0 Å². The molecule has 1 aromatic rings. The van der Waals surface area contributed by atoms with E-state index in [0.29, 0.717) is 13.0 Å². The van der Waals surface area contributed by atoms with Crippen LogP contribution in [0.1, 0.15) is 52.1 Å². The minimum atomic E-state index is -0.146. The molecule has 1 rings (SSSR count). The first-order valence-electron chi connectivity index (χ1n) is 7.58. The first-order chi connectivity index (χ1) is 9.65. The lowest BCUT2D eigenvalue weighted by molar-refractivity contribution is -0.144. The zero-order valence-electron chi connectivity index (χ0n) is 13.1. The lowest BCUT2D eigenvalue weighted by Gasteiger charge is -2.28. The van der Waals surface area contributed by atoms with Crippen molar-refractivity contribution in [3.05, 3.63) is 18.0 Å². The Balaban J connectivity index is 2.87. The lowest BCUT2D eigenvalue weighted by Crippen LogP contribution is -2.30. The average molecular weight is 281 g/mol. The topological polar surface area (TPSA) is 47.4 Å². The van der Waals surface area contributed by atoms with E-state index in [1.807, 2.05) is 24.0 Å². The van der Waals surface area contributed by atoms with Crippen LogP contribution in [0.5, 0.6) is 0 Å². The maximum absolute atomic E-state index is 11.8. The van der Waals surface area contributed by atoms with Gasteiger partial charge >= 0.3 is 5.97 Å². The van der Waals surface area contributed by atoms with Crippen molar-refractivity contribution in [2.75, 3.05) is 19.7 Å². The van der Waals surface area contributed by atoms with Crippen LogP contribution in [0.2, 0.25) is 0 Å². The number of carbonyl (C=O) groups is 1. The number of aryl methyl sites for hydroxylation is 1. The molecule has 0 N–H and O–H groups in total. The summed E-state index contributed by atoms with van der Waals surface area (Å²) in [5, 5.41) is 4.37. The second-order valence-corrected chi connectivity index (χ2v) is 4.78. The summed E-state index contributed by atoms with van der Waals surface area (Å²) in [4.78, 5) is 14.1. The number of ether oxygens (including phenoxy) is 1. The first-order valence-corrected chi connectivity index (χ1v) is 7.58. The summed E-state index contributed by atoms with van der Waals surface area (Å²) in [5.74, 6) is -0.146. The standard InChI is InChI=1S/C15H27N3O2/c1-5-9-18-12-13(11-16-18)14(17(6-2)7-3)10-15(19)20-8-4/h11-12,14H,5-10H2,1-4H3. The number of carbonyl (C=O) groups excluding carboxylic acids is 1. The molecule has 0 aliphatic heterocycles. The van der Waals surface area contributed by atoms with Crippen molar-refractivity contribution in [1.82, 2.24) is 14.7 Å². The molecule has 0 saturated heterocycles. The van der Waals surface area contributed by atoms with Gasteiger partial charge in [0.1, 0.15) is 0 Å². The fourth-order valence-electron chi connectivity index (χ4n) is 2.40. The molecule has 114 valence electrons. The SMILES string of the molecule is CCCn1cc(C(CC(=O)OCC)N(CC)CC)cn1. The van der Waals surface area contributed by atoms with Crippen molar-refractivity contribution in [3.8, 4) is 0 Å². The predicted molar refractivity (Wildman–Crippen MR) is 79.4 cm³/mol. The van der Waals surface area contributed by atoms with Gasteiger partial charge in [-0.05, 0) is 26.4 Å². The highest BCUT2D eigenvalue weighted by molar-refractivity contribution is 5.70. The van der Waals surface area contributed by atoms with E-state index in [1.165, 1.54) is 0 Å². The van der Waals surface area contributed by atoms with Gasteiger partial charge in [0.05, 0.1) is 19.2 Å². The summed E-state index contributed by atoms with van der Waals surface area (Å²) >= 11 is 0. The van der Waals surface area contributed by atoms with E-state index in [4.69, 9.17) is 4.74 Å². The molecule has 0 aliphatic carbocycles. The van der Waals surface area contributed by atoms with Crippen LogP contribution < -0.4 is 0 Å². The third-order valence-corrected chi connectivity index (χ3v) is 3.41. The molecule has 0 bridgehead atoms. The van der Waals surface area contributed by atoms with Crippen LogP contribution >= 0.6 is 0 Å². The van der Waals surface area contributed by atoms with Crippen LogP contribution in [-0.2, 0) is 16.1 Å². The number of nitrogens with zero attached hydrogens (tertiary/aromatic N) is 3. The summed E-state index contributed by atoms with van der Waals surface area (Å²) in [6.45, 7) is 11.3. The lowest BCUT2D eigenvalue weighted by atomic mass is 10.1. The Morgan fingerprint density at radius 3 is 2.60 bits per heavy atom. The van der Waals surface area contributed by atoms with Gasteiger partial charge in [0.2, 0.25) is 0 Å². The number of rotatable bonds is 9. The number of hydrogen-bond donors (Lipinski definition) is 0. The van der Waals surface area contributed by atoms with E-state index < -0.39 is 0 Å². The highest BCUT2D eigenvalue weighted by Crippen LogP contribution is 2.24. The van der Waals surface area contributed by atoms with Crippen molar-refractivity contribution in [3.63, 3.8) is 0 Å². The van der Waals surface area contributed by atoms with Crippen molar-refractivity contribution in [2.24, 2.45) is 0 Å². The molecule has 0 radical (unpaired) electrons. The number of aromatic nitrogens is 2. The summed E-state index contributed by atoms with van der Waals surface area (Å²) in [5.41, 5.74) is 1.09. The van der Waals surface area contributed by atoms with Gasteiger partial charge in [0, 0.05) is 24.3 Å². The van der Waals surface area contributed by atoms with Gasteiger partial charge in [-0.1, -0.05) is 20.8 Å². The Morgan fingerprint density at radius 1 is 1.35 bits per heavy atom. The molecule has 20 heavy (non-hydrogen) atoms. The van der Waals surface area contributed by atoms with E-state index in [1.54, 1.807) is 0 Å². The molecule has 0 aromatic carbocycles. The molecule has 0 aliphatic rings. The largest absolute Gasteiger partial charge is 0.466 e. The van der Waals surface area contributed by atoms with Crippen molar-refractivity contribution in [2.45, 2.75) is 53.1 Å². The Morgan fingerprint density at radius 2 is 2.05 bits per heavy atom. The monoisotopic (exact) mass is 281 g/mol. The second-order valence-electron chi connectivity index (χ2n) is 4.78. The number of esters is 1. The Hall–Kier alpha value is -1.36. The van der Waals surface area contributed by atoms with E-state index in [0.717, 1.165) is 31.6 Å². The van der Waals surface area contributed by atoms with Crippen LogP contribution in [-0.4, -0.2) is 40.3 Å². The van der Waals surface area contributed by atoms with E-state index in [9.17, 15) is 4.79 Å². The van der Waals surface area contributed by atoms with E-state index >= 15 is 0 Å². The average Bonchev–Trinajstić information content (AvgIpc) is 2.88. The minimum absolute atomic E-state index is 0.0506. The van der Waals surface area contributed by atoms with Crippen molar-refractivity contribution in [1.29, 1.82) is 0 Å². The third kappa shape index (κ3) is 4.63. The van der Waals surface area contributed by atoms with Gasteiger partial charge in [0.15, 0.2) is 0 Å². The maximum Gasteiger partial charge on any atom is 0.307 e. The molecular formula is C15H27N3O2. The van der Waals surface area contributed by atoms with Crippen molar-refractivity contribution >= 4 is 5.97 Å². The van der Waals surface area contributed by atoms with Gasteiger partial charge in [-0.3, -0.25) is 14.4 Å². The summed E-state index contributed by atoms with van der Waals surface area (Å²) < 4.78 is 7.04. The van der Waals surface area contributed by atoms with E-state index in [-0.39, 0.29) is 12.0 Å². The highest BCUT2D eigenvalue weighted by Gasteiger charge is 2.23. The van der Waals surface area contributed by atoms with Crippen LogP contribution in [0.3, 0.4) is 0 Å². The molecule has 0 amide bonds.